The molecule has 0 aliphatic carbocycles. The summed E-state index contributed by atoms with van der Waals surface area (Å²) in [7, 11) is 0. The fourth-order valence-corrected chi connectivity index (χ4v) is 3.30. The Balaban J connectivity index is 1.70. The molecule has 2 heterocycles. The fraction of sp³-hybridized carbons (Fsp3) is 0.316. The number of ether oxygens (including phenoxy) is 2. The third kappa shape index (κ3) is 2.68. The minimum atomic E-state index is -0.815. The SMILES string of the molecule is CCn1c(=O)n(CC(O)c2ccc3c(c2)OCCO3)c2ccccc21. The van der Waals surface area contributed by atoms with Crippen LogP contribution in [0.1, 0.15) is 18.6 Å². The van der Waals surface area contributed by atoms with Crippen molar-refractivity contribution in [1.29, 1.82) is 0 Å². The van der Waals surface area contributed by atoms with E-state index in [4.69, 9.17) is 9.47 Å². The van der Waals surface area contributed by atoms with Crippen molar-refractivity contribution in [3.05, 3.63) is 58.5 Å². The molecule has 0 saturated heterocycles. The molecular formula is C19H20N2O4. The summed E-state index contributed by atoms with van der Waals surface area (Å²) < 4.78 is 14.4. The summed E-state index contributed by atoms with van der Waals surface area (Å²) in [6, 6.07) is 13.0. The summed E-state index contributed by atoms with van der Waals surface area (Å²) in [6.45, 7) is 3.74. The van der Waals surface area contributed by atoms with Gasteiger partial charge in [-0.05, 0) is 36.8 Å². The number of rotatable bonds is 4. The van der Waals surface area contributed by atoms with Crippen molar-refractivity contribution in [2.45, 2.75) is 26.1 Å². The molecule has 130 valence electrons. The third-order valence-electron chi connectivity index (χ3n) is 4.55. The average Bonchev–Trinajstić information content (AvgIpc) is 2.92. The number of aromatic nitrogens is 2. The van der Waals surface area contributed by atoms with Gasteiger partial charge in [0, 0.05) is 6.54 Å². The van der Waals surface area contributed by atoms with Crippen molar-refractivity contribution in [1.82, 2.24) is 9.13 Å². The zero-order valence-electron chi connectivity index (χ0n) is 14.0. The van der Waals surface area contributed by atoms with E-state index in [0.717, 1.165) is 11.0 Å². The first kappa shape index (κ1) is 15.8. The first-order chi connectivity index (χ1) is 12.2. The molecule has 0 spiro atoms. The normalized spacial score (nSPS) is 14.6. The minimum Gasteiger partial charge on any atom is -0.486 e. The maximum Gasteiger partial charge on any atom is 0.329 e. The van der Waals surface area contributed by atoms with Gasteiger partial charge < -0.3 is 14.6 Å². The summed E-state index contributed by atoms with van der Waals surface area (Å²) in [6.07, 6.45) is -0.815. The van der Waals surface area contributed by atoms with Crippen molar-refractivity contribution in [3.8, 4) is 11.5 Å². The van der Waals surface area contributed by atoms with E-state index in [-0.39, 0.29) is 12.2 Å². The Morgan fingerprint density at radius 1 is 1.04 bits per heavy atom. The molecule has 0 fully saturated rings. The monoisotopic (exact) mass is 340 g/mol. The molecule has 0 saturated carbocycles. The number of hydrogen-bond donors (Lipinski definition) is 1. The summed E-state index contributed by atoms with van der Waals surface area (Å²) >= 11 is 0. The quantitative estimate of drug-likeness (QED) is 0.792. The maximum atomic E-state index is 12.7. The van der Waals surface area contributed by atoms with Gasteiger partial charge in [-0.1, -0.05) is 18.2 Å². The van der Waals surface area contributed by atoms with Gasteiger partial charge in [-0.25, -0.2) is 4.79 Å². The van der Waals surface area contributed by atoms with Gasteiger partial charge in [0.2, 0.25) is 0 Å². The summed E-state index contributed by atoms with van der Waals surface area (Å²) in [4.78, 5) is 12.7. The van der Waals surface area contributed by atoms with E-state index in [1.165, 1.54) is 0 Å². The Labute approximate surface area is 144 Å². The van der Waals surface area contributed by atoms with Crippen LogP contribution in [0.5, 0.6) is 11.5 Å². The molecule has 1 aromatic heterocycles. The largest absolute Gasteiger partial charge is 0.486 e. The number of aliphatic hydroxyl groups excluding tert-OH is 1. The second-order valence-electron chi connectivity index (χ2n) is 6.05. The van der Waals surface area contributed by atoms with Crippen LogP contribution in [-0.2, 0) is 13.1 Å². The van der Waals surface area contributed by atoms with Crippen LogP contribution >= 0.6 is 0 Å². The highest BCUT2D eigenvalue weighted by atomic mass is 16.6. The van der Waals surface area contributed by atoms with Crippen molar-refractivity contribution in [3.63, 3.8) is 0 Å². The van der Waals surface area contributed by atoms with E-state index < -0.39 is 6.10 Å². The summed E-state index contributed by atoms with van der Waals surface area (Å²) in [5, 5.41) is 10.7. The molecule has 3 aromatic rings. The van der Waals surface area contributed by atoms with E-state index in [1.54, 1.807) is 21.3 Å². The van der Waals surface area contributed by atoms with Gasteiger partial charge in [0.05, 0.1) is 23.7 Å². The van der Waals surface area contributed by atoms with Crippen LogP contribution in [0.2, 0.25) is 0 Å². The van der Waals surface area contributed by atoms with E-state index in [0.29, 0.717) is 36.8 Å². The van der Waals surface area contributed by atoms with Gasteiger partial charge in [-0.3, -0.25) is 9.13 Å². The lowest BCUT2D eigenvalue weighted by Crippen LogP contribution is -2.26. The number of para-hydroxylation sites is 2. The zero-order chi connectivity index (χ0) is 17.4. The van der Waals surface area contributed by atoms with Crippen LogP contribution in [0.4, 0.5) is 0 Å². The molecule has 1 atom stereocenters. The Hall–Kier alpha value is -2.73. The highest BCUT2D eigenvalue weighted by molar-refractivity contribution is 5.76. The van der Waals surface area contributed by atoms with E-state index in [9.17, 15) is 9.90 Å². The van der Waals surface area contributed by atoms with Crippen LogP contribution in [0, 0.1) is 0 Å². The van der Waals surface area contributed by atoms with Crippen LogP contribution in [0.25, 0.3) is 11.0 Å². The average molecular weight is 340 g/mol. The molecule has 1 aliphatic heterocycles. The highest BCUT2D eigenvalue weighted by Gasteiger charge is 2.19. The van der Waals surface area contributed by atoms with Crippen LogP contribution in [0.3, 0.4) is 0 Å². The summed E-state index contributed by atoms with van der Waals surface area (Å²) in [5.41, 5.74) is 2.29. The molecule has 0 bridgehead atoms. The zero-order valence-corrected chi connectivity index (χ0v) is 14.0. The Kier molecular flexibility index (Phi) is 3.97. The number of nitrogens with zero attached hydrogens (tertiary/aromatic N) is 2. The van der Waals surface area contributed by atoms with E-state index in [2.05, 4.69) is 0 Å². The maximum absolute atomic E-state index is 12.7. The van der Waals surface area contributed by atoms with Crippen molar-refractivity contribution >= 4 is 11.0 Å². The molecule has 1 N–H and O–H groups in total. The first-order valence-corrected chi connectivity index (χ1v) is 8.44. The topological polar surface area (TPSA) is 65.6 Å². The van der Waals surface area contributed by atoms with Gasteiger partial charge in [0.1, 0.15) is 13.2 Å². The molecule has 25 heavy (non-hydrogen) atoms. The van der Waals surface area contributed by atoms with Gasteiger partial charge in [0.25, 0.3) is 0 Å². The number of aryl methyl sites for hydroxylation is 1. The summed E-state index contributed by atoms with van der Waals surface area (Å²) in [5.74, 6) is 1.31. The standard InChI is InChI=1S/C19H20N2O4/c1-2-20-14-5-3-4-6-15(14)21(19(20)23)12-16(22)13-7-8-17-18(11-13)25-10-9-24-17/h3-8,11,16,22H,2,9-10,12H2,1H3. The molecule has 1 unspecified atom stereocenters. The lowest BCUT2D eigenvalue weighted by Gasteiger charge is -2.20. The fourth-order valence-electron chi connectivity index (χ4n) is 3.30. The molecule has 0 radical (unpaired) electrons. The number of aliphatic hydroxyl groups is 1. The molecule has 6 heteroatoms. The van der Waals surface area contributed by atoms with E-state index >= 15 is 0 Å². The molecule has 4 rings (SSSR count). The van der Waals surface area contributed by atoms with Crippen molar-refractivity contribution < 1.29 is 14.6 Å². The third-order valence-corrected chi connectivity index (χ3v) is 4.55. The molecule has 6 nitrogen and oxygen atoms in total. The second-order valence-corrected chi connectivity index (χ2v) is 6.05. The lowest BCUT2D eigenvalue weighted by atomic mass is 10.1. The lowest BCUT2D eigenvalue weighted by molar-refractivity contribution is 0.151. The first-order valence-electron chi connectivity index (χ1n) is 8.44. The van der Waals surface area contributed by atoms with E-state index in [1.807, 2.05) is 37.3 Å². The molecule has 1 aliphatic rings. The van der Waals surface area contributed by atoms with Crippen molar-refractivity contribution in [2.24, 2.45) is 0 Å². The second kappa shape index (κ2) is 6.29. The molecule has 2 aromatic carbocycles. The van der Waals surface area contributed by atoms with Crippen LogP contribution in [-0.4, -0.2) is 27.5 Å². The van der Waals surface area contributed by atoms with Gasteiger partial charge in [-0.2, -0.15) is 0 Å². The number of fused-ring (bicyclic) bond motifs is 2. The predicted molar refractivity (Wildman–Crippen MR) is 94.3 cm³/mol. The Morgan fingerprint density at radius 2 is 1.72 bits per heavy atom. The van der Waals surface area contributed by atoms with Gasteiger partial charge in [-0.15, -0.1) is 0 Å². The number of benzene rings is 2. The van der Waals surface area contributed by atoms with Gasteiger partial charge >= 0.3 is 5.69 Å². The molecular weight excluding hydrogens is 320 g/mol. The van der Waals surface area contributed by atoms with Crippen LogP contribution in [0.15, 0.2) is 47.3 Å². The smallest absolute Gasteiger partial charge is 0.329 e. The highest BCUT2D eigenvalue weighted by Crippen LogP contribution is 2.33. The number of hydrogen-bond acceptors (Lipinski definition) is 4. The minimum absolute atomic E-state index is 0.111. The number of imidazole rings is 1. The van der Waals surface area contributed by atoms with Crippen molar-refractivity contribution in [2.75, 3.05) is 13.2 Å². The molecule has 0 amide bonds. The Morgan fingerprint density at radius 3 is 2.44 bits per heavy atom. The predicted octanol–water partition coefficient (Wildman–Crippen LogP) is 2.33. The van der Waals surface area contributed by atoms with Crippen LogP contribution < -0.4 is 15.2 Å². The Bertz CT molecular complexity index is 973. The van der Waals surface area contributed by atoms with Gasteiger partial charge in [0.15, 0.2) is 11.5 Å².